The van der Waals surface area contributed by atoms with Gasteiger partial charge in [0.2, 0.25) is 5.91 Å². The Kier molecular flexibility index (Phi) is 6.85. The van der Waals surface area contributed by atoms with Crippen LogP contribution >= 0.6 is 0 Å². The van der Waals surface area contributed by atoms with Gasteiger partial charge < -0.3 is 15.1 Å². The Morgan fingerprint density at radius 1 is 0.972 bits per heavy atom. The summed E-state index contributed by atoms with van der Waals surface area (Å²) in [5.41, 5.74) is 3.85. The molecule has 184 valence electrons. The topological polar surface area (TPSA) is 69.7 Å². The van der Waals surface area contributed by atoms with Crippen molar-refractivity contribution in [2.45, 2.75) is 51.2 Å². The first-order valence-electron chi connectivity index (χ1n) is 12.7. The minimum Gasteiger partial charge on any atom is -0.350 e. The second-order valence-electron chi connectivity index (χ2n) is 9.70. The molecule has 0 aromatic heterocycles. The van der Waals surface area contributed by atoms with Gasteiger partial charge in [0, 0.05) is 18.2 Å². The molecular weight excluding hydrogens is 450 g/mol. The molecule has 3 aromatic rings. The molecule has 1 N–H and O–H groups in total. The lowest BCUT2D eigenvalue weighted by molar-refractivity contribution is -0.122. The maximum atomic E-state index is 13.5. The molecule has 6 nitrogen and oxygen atoms in total. The summed E-state index contributed by atoms with van der Waals surface area (Å²) >= 11 is 0. The highest BCUT2D eigenvalue weighted by atomic mass is 16.2. The number of fused-ring (bicyclic) bond motifs is 2. The molecule has 3 amide bonds. The van der Waals surface area contributed by atoms with Gasteiger partial charge in [0.1, 0.15) is 6.04 Å². The Labute approximate surface area is 211 Å². The van der Waals surface area contributed by atoms with Gasteiger partial charge in [-0.2, -0.15) is 0 Å². The van der Waals surface area contributed by atoms with Gasteiger partial charge >= 0.3 is 0 Å². The van der Waals surface area contributed by atoms with E-state index in [1.165, 1.54) is 5.56 Å². The van der Waals surface area contributed by atoms with Gasteiger partial charge in [-0.1, -0.05) is 54.6 Å². The third-order valence-corrected chi connectivity index (χ3v) is 7.11. The summed E-state index contributed by atoms with van der Waals surface area (Å²) in [5.74, 6) is -0.270. The molecule has 0 bridgehead atoms. The van der Waals surface area contributed by atoms with Crippen LogP contribution in [0.5, 0.6) is 0 Å². The van der Waals surface area contributed by atoms with Crippen molar-refractivity contribution in [3.63, 3.8) is 0 Å². The van der Waals surface area contributed by atoms with Crippen LogP contribution in [0.15, 0.2) is 78.9 Å². The van der Waals surface area contributed by atoms with Gasteiger partial charge in [-0.15, -0.1) is 0 Å². The van der Waals surface area contributed by atoms with Gasteiger partial charge in [0.05, 0.1) is 17.8 Å². The summed E-state index contributed by atoms with van der Waals surface area (Å²) < 4.78 is 0. The minimum absolute atomic E-state index is 0.0276. The number of nitrogens with one attached hydrogen (secondary N) is 1. The first-order valence-corrected chi connectivity index (χ1v) is 12.7. The maximum Gasteiger partial charge on any atom is 0.256 e. The average molecular weight is 482 g/mol. The average Bonchev–Trinajstić information content (AvgIpc) is 3.38. The number of nitrogens with zero attached hydrogens (tertiary/aromatic N) is 2. The van der Waals surface area contributed by atoms with E-state index in [9.17, 15) is 14.4 Å². The van der Waals surface area contributed by atoms with Crippen molar-refractivity contribution in [3.05, 3.63) is 101 Å². The fourth-order valence-electron chi connectivity index (χ4n) is 5.17. The Hall–Kier alpha value is -3.93. The van der Waals surface area contributed by atoms with Crippen molar-refractivity contribution in [2.75, 3.05) is 11.4 Å². The Morgan fingerprint density at radius 2 is 1.72 bits per heavy atom. The summed E-state index contributed by atoms with van der Waals surface area (Å²) in [6, 6.07) is 24.6. The van der Waals surface area contributed by atoms with Crippen molar-refractivity contribution in [3.8, 4) is 0 Å². The van der Waals surface area contributed by atoms with E-state index in [4.69, 9.17) is 0 Å². The third-order valence-electron chi connectivity index (χ3n) is 7.11. The number of anilines is 1. The van der Waals surface area contributed by atoms with Crippen LogP contribution in [0.25, 0.3) is 0 Å². The normalized spacial score (nSPS) is 17.9. The van der Waals surface area contributed by atoms with E-state index in [0.717, 1.165) is 24.8 Å². The number of para-hydroxylation sites is 1. The van der Waals surface area contributed by atoms with Gasteiger partial charge in [0.25, 0.3) is 11.8 Å². The van der Waals surface area contributed by atoms with Crippen LogP contribution in [-0.2, 0) is 17.8 Å². The lowest BCUT2D eigenvalue weighted by Gasteiger charge is -2.26. The fraction of sp³-hybridized carbons (Fsp3) is 0.300. The van der Waals surface area contributed by atoms with E-state index in [1.807, 2.05) is 61.5 Å². The van der Waals surface area contributed by atoms with Crippen LogP contribution < -0.4 is 10.2 Å². The SMILES string of the molecule is C[C@H](CCc1ccccc1)NC(=O)c1cccc(CN2C(=O)[C@H]3CCCN3C(=O)c3ccccc32)c1. The summed E-state index contributed by atoms with van der Waals surface area (Å²) in [5, 5.41) is 3.10. The molecule has 0 aliphatic carbocycles. The van der Waals surface area contributed by atoms with Crippen molar-refractivity contribution in [1.82, 2.24) is 10.2 Å². The molecule has 36 heavy (non-hydrogen) atoms. The third kappa shape index (κ3) is 4.89. The molecule has 1 fully saturated rings. The monoisotopic (exact) mass is 481 g/mol. The first kappa shape index (κ1) is 23.8. The quantitative estimate of drug-likeness (QED) is 0.537. The molecule has 0 spiro atoms. The summed E-state index contributed by atoms with van der Waals surface area (Å²) in [6.07, 6.45) is 3.25. The van der Waals surface area contributed by atoms with Crippen LogP contribution in [-0.4, -0.2) is 41.2 Å². The molecule has 0 unspecified atom stereocenters. The van der Waals surface area contributed by atoms with Crippen molar-refractivity contribution in [2.24, 2.45) is 0 Å². The predicted octanol–water partition coefficient (Wildman–Crippen LogP) is 4.59. The molecule has 1 saturated heterocycles. The van der Waals surface area contributed by atoms with Gasteiger partial charge in [-0.25, -0.2) is 0 Å². The van der Waals surface area contributed by atoms with Crippen LogP contribution in [0, 0.1) is 0 Å². The molecule has 2 aliphatic heterocycles. The standard InChI is InChI=1S/C30H31N3O3/c1-21(16-17-22-9-3-2-4-10-22)31-28(34)24-12-7-11-23(19-24)20-33-26-14-6-5-13-25(26)29(35)32-18-8-15-27(32)30(33)36/h2-7,9-14,19,21,27H,8,15-18,20H2,1H3,(H,31,34)/t21-,27-/m1/s1. The number of carbonyl (C=O) groups excluding carboxylic acids is 3. The summed E-state index contributed by atoms with van der Waals surface area (Å²) in [6.45, 7) is 2.93. The lowest BCUT2D eigenvalue weighted by Crippen LogP contribution is -2.44. The second-order valence-corrected chi connectivity index (χ2v) is 9.70. The maximum absolute atomic E-state index is 13.5. The number of carbonyl (C=O) groups is 3. The molecule has 5 rings (SSSR count). The predicted molar refractivity (Wildman–Crippen MR) is 140 cm³/mol. The Balaban J connectivity index is 1.31. The van der Waals surface area contributed by atoms with E-state index in [0.29, 0.717) is 36.3 Å². The van der Waals surface area contributed by atoms with E-state index in [1.54, 1.807) is 21.9 Å². The molecule has 6 heteroatoms. The molecule has 3 aromatic carbocycles. The fourth-order valence-corrected chi connectivity index (χ4v) is 5.17. The van der Waals surface area contributed by atoms with Gasteiger partial charge in [-0.05, 0) is 68.0 Å². The first-order chi connectivity index (χ1) is 17.5. The van der Waals surface area contributed by atoms with Gasteiger partial charge in [-0.3, -0.25) is 14.4 Å². The Bertz CT molecular complexity index is 1270. The zero-order valence-corrected chi connectivity index (χ0v) is 20.5. The molecule has 2 heterocycles. The number of amides is 3. The summed E-state index contributed by atoms with van der Waals surface area (Å²) in [4.78, 5) is 43.1. The molecular formula is C30H31N3O3. The smallest absolute Gasteiger partial charge is 0.256 e. The number of benzene rings is 3. The van der Waals surface area contributed by atoms with E-state index in [-0.39, 0.29) is 23.8 Å². The van der Waals surface area contributed by atoms with Crippen LogP contribution in [0.4, 0.5) is 5.69 Å². The number of hydrogen-bond acceptors (Lipinski definition) is 3. The van der Waals surface area contributed by atoms with Gasteiger partial charge in [0.15, 0.2) is 0 Å². The second kappa shape index (κ2) is 10.4. The number of rotatable bonds is 7. The van der Waals surface area contributed by atoms with Crippen molar-refractivity contribution in [1.29, 1.82) is 0 Å². The number of hydrogen-bond donors (Lipinski definition) is 1. The molecule has 2 aliphatic rings. The van der Waals surface area contributed by atoms with Crippen LogP contribution in [0.1, 0.15) is 58.0 Å². The van der Waals surface area contributed by atoms with Crippen LogP contribution in [0.2, 0.25) is 0 Å². The van der Waals surface area contributed by atoms with Crippen LogP contribution in [0.3, 0.4) is 0 Å². The highest BCUT2D eigenvalue weighted by Gasteiger charge is 2.41. The van der Waals surface area contributed by atoms with E-state index >= 15 is 0 Å². The van der Waals surface area contributed by atoms with Crippen molar-refractivity contribution >= 4 is 23.4 Å². The molecule has 0 radical (unpaired) electrons. The lowest BCUT2D eigenvalue weighted by atomic mass is 10.0. The highest BCUT2D eigenvalue weighted by molar-refractivity contribution is 6.11. The Morgan fingerprint density at radius 3 is 2.56 bits per heavy atom. The highest BCUT2D eigenvalue weighted by Crippen LogP contribution is 2.33. The molecule has 2 atom stereocenters. The number of aryl methyl sites for hydroxylation is 1. The zero-order valence-electron chi connectivity index (χ0n) is 20.5. The summed E-state index contributed by atoms with van der Waals surface area (Å²) in [7, 11) is 0. The van der Waals surface area contributed by atoms with E-state index < -0.39 is 6.04 Å². The molecule has 0 saturated carbocycles. The van der Waals surface area contributed by atoms with E-state index in [2.05, 4.69) is 17.4 Å². The minimum atomic E-state index is -0.429. The zero-order chi connectivity index (χ0) is 25.1. The van der Waals surface area contributed by atoms with Crippen molar-refractivity contribution < 1.29 is 14.4 Å². The largest absolute Gasteiger partial charge is 0.350 e.